The molecule has 1 aliphatic heterocycles. The van der Waals surface area contributed by atoms with E-state index in [4.69, 9.17) is 11.6 Å². The standard InChI is InChI=1S/C19H21ClN4O/c20-16-10-22-24(12-16)8-7-23-11-15(19(25)13-23)9-14-5-6-21-18-4-2-1-3-17(14)18/h1-6,10,12,15,19,25H,7-9,11,13H2/t15-,19+/m1/s1. The lowest BCUT2D eigenvalue weighted by Gasteiger charge is -2.16. The maximum Gasteiger partial charge on any atom is 0.0785 e. The second kappa shape index (κ2) is 7.12. The first-order valence-electron chi connectivity index (χ1n) is 8.60. The van der Waals surface area contributed by atoms with Crippen LogP contribution in [0.25, 0.3) is 10.9 Å². The summed E-state index contributed by atoms with van der Waals surface area (Å²) in [6, 6.07) is 10.3. The van der Waals surface area contributed by atoms with Gasteiger partial charge < -0.3 is 5.11 Å². The largest absolute Gasteiger partial charge is 0.391 e. The molecular formula is C19H21ClN4O. The number of rotatable bonds is 5. The van der Waals surface area contributed by atoms with Crippen molar-refractivity contribution >= 4 is 22.5 Å². The number of hydrogen-bond acceptors (Lipinski definition) is 4. The average molecular weight is 357 g/mol. The zero-order valence-corrected chi connectivity index (χ0v) is 14.7. The Hall–Kier alpha value is -1.95. The molecule has 3 aromatic rings. The van der Waals surface area contributed by atoms with Crippen LogP contribution in [0.4, 0.5) is 0 Å². The van der Waals surface area contributed by atoms with E-state index < -0.39 is 0 Å². The van der Waals surface area contributed by atoms with Crippen LogP contribution in [0.2, 0.25) is 5.02 Å². The Kier molecular flexibility index (Phi) is 4.70. The van der Waals surface area contributed by atoms with Crippen LogP contribution in [0.3, 0.4) is 0 Å². The zero-order valence-electron chi connectivity index (χ0n) is 13.9. The van der Waals surface area contributed by atoms with E-state index in [-0.39, 0.29) is 12.0 Å². The van der Waals surface area contributed by atoms with Gasteiger partial charge in [-0.05, 0) is 24.1 Å². The number of benzene rings is 1. The zero-order chi connectivity index (χ0) is 17.2. The summed E-state index contributed by atoms with van der Waals surface area (Å²) >= 11 is 5.90. The van der Waals surface area contributed by atoms with Gasteiger partial charge in [-0.15, -0.1) is 0 Å². The predicted octanol–water partition coefficient (Wildman–Crippen LogP) is 2.62. The van der Waals surface area contributed by atoms with Crippen LogP contribution in [0, 0.1) is 5.92 Å². The number of aliphatic hydroxyl groups is 1. The Morgan fingerprint density at radius 1 is 1.16 bits per heavy atom. The van der Waals surface area contributed by atoms with Gasteiger partial charge in [0.25, 0.3) is 0 Å². The van der Waals surface area contributed by atoms with Crippen LogP contribution < -0.4 is 0 Å². The van der Waals surface area contributed by atoms with E-state index in [0.717, 1.165) is 31.6 Å². The molecule has 130 valence electrons. The Bertz CT molecular complexity index is 860. The van der Waals surface area contributed by atoms with Crippen LogP contribution in [-0.2, 0) is 13.0 Å². The third-order valence-electron chi connectivity index (χ3n) is 4.95. The Morgan fingerprint density at radius 2 is 2.04 bits per heavy atom. The highest BCUT2D eigenvalue weighted by atomic mass is 35.5. The minimum Gasteiger partial charge on any atom is -0.391 e. The quantitative estimate of drug-likeness (QED) is 0.763. The van der Waals surface area contributed by atoms with Crippen LogP contribution >= 0.6 is 11.6 Å². The van der Waals surface area contributed by atoms with Crippen LogP contribution in [0.15, 0.2) is 48.9 Å². The monoisotopic (exact) mass is 356 g/mol. The third kappa shape index (κ3) is 3.68. The fourth-order valence-corrected chi connectivity index (χ4v) is 3.80. The van der Waals surface area contributed by atoms with Gasteiger partial charge in [-0.3, -0.25) is 14.6 Å². The van der Waals surface area contributed by atoms with Gasteiger partial charge in [-0.1, -0.05) is 29.8 Å². The Balaban J connectivity index is 1.41. The van der Waals surface area contributed by atoms with E-state index in [2.05, 4.69) is 27.1 Å². The lowest BCUT2D eigenvalue weighted by atomic mass is 9.94. The average Bonchev–Trinajstić information content (AvgIpc) is 3.19. The topological polar surface area (TPSA) is 54.2 Å². The highest BCUT2D eigenvalue weighted by molar-refractivity contribution is 6.30. The molecule has 0 bridgehead atoms. The lowest BCUT2D eigenvalue weighted by molar-refractivity contribution is 0.141. The number of halogens is 1. The minimum atomic E-state index is -0.298. The third-order valence-corrected chi connectivity index (χ3v) is 5.15. The first kappa shape index (κ1) is 16.5. The van der Waals surface area contributed by atoms with Gasteiger partial charge in [0, 0.05) is 43.3 Å². The van der Waals surface area contributed by atoms with Crippen molar-refractivity contribution in [2.45, 2.75) is 19.1 Å². The summed E-state index contributed by atoms with van der Waals surface area (Å²) in [5.74, 6) is 0.243. The van der Waals surface area contributed by atoms with Crippen LogP contribution in [0.5, 0.6) is 0 Å². The van der Waals surface area contributed by atoms with E-state index in [1.165, 1.54) is 10.9 Å². The van der Waals surface area contributed by atoms with Crippen LogP contribution in [-0.4, -0.2) is 50.5 Å². The van der Waals surface area contributed by atoms with E-state index in [0.29, 0.717) is 11.6 Å². The number of para-hydroxylation sites is 1. The number of hydrogen-bond donors (Lipinski definition) is 1. The molecule has 2 aromatic heterocycles. The molecule has 0 radical (unpaired) electrons. The minimum absolute atomic E-state index is 0.243. The summed E-state index contributed by atoms with van der Waals surface area (Å²) in [4.78, 5) is 6.72. The number of pyridine rings is 1. The van der Waals surface area contributed by atoms with Crippen LogP contribution in [0.1, 0.15) is 5.56 Å². The number of aliphatic hydroxyl groups excluding tert-OH is 1. The molecule has 1 saturated heterocycles. The molecule has 1 aliphatic rings. The Morgan fingerprint density at radius 3 is 2.88 bits per heavy atom. The number of nitrogens with zero attached hydrogens (tertiary/aromatic N) is 4. The van der Waals surface area contributed by atoms with Crippen molar-refractivity contribution < 1.29 is 5.11 Å². The number of β-amino-alcohol motifs (C(OH)–C–C–N with tert-alkyl or cyclic N) is 1. The molecule has 1 aromatic carbocycles. The van der Waals surface area contributed by atoms with Crippen molar-refractivity contribution in [3.8, 4) is 0 Å². The second-order valence-corrected chi connectivity index (χ2v) is 7.14. The second-order valence-electron chi connectivity index (χ2n) is 6.70. The maximum atomic E-state index is 10.5. The molecule has 0 saturated carbocycles. The summed E-state index contributed by atoms with van der Waals surface area (Å²) in [5, 5.41) is 16.5. The molecule has 0 unspecified atom stereocenters. The summed E-state index contributed by atoms with van der Waals surface area (Å²) in [5.41, 5.74) is 2.27. The van der Waals surface area contributed by atoms with Crippen molar-refractivity contribution in [3.05, 3.63) is 59.5 Å². The van der Waals surface area contributed by atoms with Gasteiger partial charge in [0.2, 0.25) is 0 Å². The molecule has 0 aliphatic carbocycles. The molecule has 6 heteroatoms. The van der Waals surface area contributed by atoms with Crippen molar-refractivity contribution in [1.82, 2.24) is 19.7 Å². The molecule has 1 N–H and O–H groups in total. The molecule has 4 rings (SSSR count). The van der Waals surface area contributed by atoms with E-state index in [9.17, 15) is 5.11 Å². The number of likely N-dealkylation sites (tertiary alicyclic amines) is 1. The SMILES string of the molecule is O[C@H]1CN(CCn2cc(Cl)cn2)C[C@H]1Cc1ccnc2ccccc12. The molecule has 3 heterocycles. The van der Waals surface area contributed by atoms with Gasteiger partial charge in [-0.2, -0.15) is 5.10 Å². The van der Waals surface area contributed by atoms with Crippen molar-refractivity contribution in [1.29, 1.82) is 0 Å². The molecule has 25 heavy (non-hydrogen) atoms. The summed E-state index contributed by atoms with van der Waals surface area (Å²) < 4.78 is 1.85. The van der Waals surface area contributed by atoms with Gasteiger partial charge in [-0.25, -0.2) is 0 Å². The van der Waals surface area contributed by atoms with Gasteiger partial charge in [0.15, 0.2) is 0 Å². The fraction of sp³-hybridized carbons (Fsp3) is 0.368. The summed E-state index contributed by atoms with van der Waals surface area (Å²) in [6.45, 7) is 3.25. The van der Waals surface area contributed by atoms with Crippen molar-refractivity contribution in [3.63, 3.8) is 0 Å². The van der Waals surface area contributed by atoms with Gasteiger partial charge in [0.1, 0.15) is 0 Å². The maximum absolute atomic E-state index is 10.5. The number of aromatic nitrogens is 3. The van der Waals surface area contributed by atoms with Crippen molar-refractivity contribution in [2.24, 2.45) is 5.92 Å². The predicted molar refractivity (Wildman–Crippen MR) is 98.6 cm³/mol. The molecule has 1 fully saturated rings. The van der Waals surface area contributed by atoms with E-state index in [1.807, 2.05) is 35.3 Å². The number of fused-ring (bicyclic) bond motifs is 1. The summed E-state index contributed by atoms with van der Waals surface area (Å²) in [6.07, 6.45) is 5.91. The van der Waals surface area contributed by atoms with E-state index in [1.54, 1.807) is 6.20 Å². The molecular weight excluding hydrogens is 336 g/mol. The van der Waals surface area contributed by atoms with Crippen molar-refractivity contribution in [2.75, 3.05) is 19.6 Å². The highest BCUT2D eigenvalue weighted by Gasteiger charge is 2.31. The lowest BCUT2D eigenvalue weighted by Crippen LogP contribution is -2.26. The highest BCUT2D eigenvalue weighted by Crippen LogP contribution is 2.25. The van der Waals surface area contributed by atoms with Gasteiger partial charge in [0.05, 0.1) is 29.4 Å². The molecule has 0 amide bonds. The smallest absolute Gasteiger partial charge is 0.0785 e. The van der Waals surface area contributed by atoms with Gasteiger partial charge >= 0.3 is 0 Å². The fourth-order valence-electron chi connectivity index (χ4n) is 3.64. The first-order valence-corrected chi connectivity index (χ1v) is 8.98. The molecule has 0 spiro atoms. The molecule has 2 atom stereocenters. The van der Waals surface area contributed by atoms with E-state index >= 15 is 0 Å². The Labute approximate surface area is 151 Å². The first-order chi connectivity index (χ1) is 12.2. The molecule has 5 nitrogen and oxygen atoms in total. The summed E-state index contributed by atoms with van der Waals surface area (Å²) in [7, 11) is 0. The normalized spacial score (nSPS) is 21.2.